The smallest absolute Gasteiger partial charge is 0.345 e. The molecule has 0 aliphatic carbocycles. The van der Waals surface area contributed by atoms with Crippen LogP contribution in [0.1, 0.15) is 10.4 Å². The van der Waals surface area contributed by atoms with Gasteiger partial charge in [-0.25, -0.2) is 18.2 Å². The number of hydrogen-bond acceptors (Lipinski definition) is 7. The SMILES string of the molecule is O=C(Nc1nc(-c2cc3ccccc3oc2=O)cs1)c1cccc(NS(=O)(=O)c2ccc(Cl)cc2)c1. The molecule has 36 heavy (non-hydrogen) atoms. The van der Waals surface area contributed by atoms with Gasteiger partial charge in [0.1, 0.15) is 5.58 Å². The molecule has 0 saturated heterocycles. The number of halogens is 1. The Hall–Kier alpha value is -3.99. The Bertz CT molecular complexity index is 1760. The molecule has 2 aromatic heterocycles. The highest BCUT2D eigenvalue weighted by Gasteiger charge is 2.17. The zero-order valence-electron chi connectivity index (χ0n) is 18.3. The van der Waals surface area contributed by atoms with E-state index >= 15 is 0 Å². The van der Waals surface area contributed by atoms with Crippen molar-refractivity contribution < 1.29 is 17.6 Å². The van der Waals surface area contributed by atoms with Gasteiger partial charge in [-0.1, -0.05) is 35.9 Å². The highest BCUT2D eigenvalue weighted by atomic mass is 35.5. The van der Waals surface area contributed by atoms with Crippen LogP contribution in [0.4, 0.5) is 10.8 Å². The molecule has 2 heterocycles. The molecule has 2 N–H and O–H groups in total. The van der Waals surface area contributed by atoms with Gasteiger partial charge in [-0.05, 0) is 54.6 Å². The van der Waals surface area contributed by atoms with Crippen LogP contribution in [0.15, 0.2) is 98.4 Å². The number of anilines is 2. The summed E-state index contributed by atoms with van der Waals surface area (Å²) in [7, 11) is -3.87. The summed E-state index contributed by atoms with van der Waals surface area (Å²) in [6.45, 7) is 0. The van der Waals surface area contributed by atoms with Gasteiger partial charge in [0, 0.05) is 27.0 Å². The van der Waals surface area contributed by atoms with Gasteiger partial charge in [0.2, 0.25) is 0 Å². The first-order chi connectivity index (χ1) is 17.3. The lowest BCUT2D eigenvalue weighted by Crippen LogP contribution is -2.15. The molecule has 0 unspecified atom stereocenters. The van der Waals surface area contributed by atoms with Crippen molar-refractivity contribution in [2.24, 2.45) is 0 Å². The van der Waals surface area contributed by atoms with Gasteiger partial charge in [-0.2, -0.15) is 0 Å². The van der Waals surface area contributed by atoms with E-state index in [9.17, 15) is 18.0 Å². The molecule has 5 rings (SSSR count). The molecule has 1 amide bonds. The number of thiazole rings is 1. The number of hydrogen-bond donors (Lipinski definition) is 2. The summed E-state index contributed by atoms with van der Waals surface area (Å²) < 4.78 is 33.1. The lowest BCUT2D eigenvalue weighted by molar-refractivity contribution is 0.102. The lowest BCUT2D eigenvalue weighted by Gasteiger charge is -2.09. The second kappa shape index (κ2) is 9.57. The third kappa shape index (κ3) is 5.01. The van der Waals surface area contributed by atoms with E-state index < -0.39 is 21.6 Å². The maximum Gasteiger partial charge on any atom is 0.345 e. The fraction of sp³-hybridized carbons (Fsp3) is 0. The van der Waals surface area contributed by atoms with Gasteiger partial charge in [-0.3, -0.25) is 14.8 Å². The largest absolute Gasteiger partial charge is 0.422 e. The van der Waals surface area contributed by atoms with Crippen LogP contribution in [-0.2, 0) is 10.0 Å². The number of carbonyl (C=O) groups is 1. The highest BCUT2D eigenvalue weighted by molar-refractivity contribution is 7.92. The topological polar surface area (TPSA) is 118 Å². The Morgan fingerprint density at radius 1 is 0.972 bits per heavy atom. The molecule has 0 saturated carbocycles. The summed E-state index contributed by atoms with van der Waals surface area (Å²) in [5.74, 6) is -0.492. The van der Waals surface area contributed by atoms with E-state index in [0.717, 1.165) is 16.7 Å². The van der Waals surface area contributed by atoms with Gasteiger partial charge in [0.05, 0.1) is 16.2 Å². The fourth-order valence-electron chi connectivity index (χ4n) is 3.42. The van der Waals surface area contributed by atoms with Gasteiger partial charge < -0.3 is 4.42 Å². The van der Waals surface area contributed by atoms with Crippen LogP contribution < -0.4 is 15.7 Å². The molecule has 0 fully saturated rings. The third-order valence-electron chi connectivity index (χ3n) is 5.14. The zero-order chi connectivity index (χ0) is 25.3. The zero-order valence-corrected chi connectivity index (χ0v) is 20.7. The minimum atomic E-state index is -3.87. The minimum Gasteiger partial charge on any atom is -0.422 e. The Morgan fingerprint density at radius 3 is 2.56 bits per heavy atom. The van der Waals surface area contributed by atoms with Crippen LogP contribution in [0.5, 0.6) is 0 Å². The molecular formula is C25H16ClN3O5S2. The molecule has 8 nitrogen and oxygen atoms in total. The van der Waals surface area contributed by atoms with E-state index in [1.807, 2.05) is 12.1 Å². The number of nitrogens with one attached hydrogen (secondary N) is 2. The number of sulfonamides is 1. The molecule has 0 spiro atoms. The number of amides is 1. The number of fused-ring (bicyclic) bond motifs is 1. The molecular weight excluding hydrogens is 522 g/mol. The predicted molar refractivity (Wildman–Crippen MR) is 140 cm³/mol. The molecule has 5 aromatic rings. The molecule has 0 radical (unpaired) electrons. The first-order valence-electron chi connectivity index (χ1n) is 10.5. The Labute approximate surface area is 214 Å². The van der Waals surface area contributed by atoms with Crippen LogP contribution in [0.3, 0.4) is 0 Å². The molecule has 180 valence electrons. The van der Waals surface area contributed by atoms with Crippen LogP contribution in [0.25, 0.3) is 22.2 Å². The Morgan fingerprint density at radius 2 is 1.75 bits per heavy atom. The van der Waals surface area contributed by atoms with Gasteiger partial charge in [0.15, 0.2) is 5.13 Å². The van der Waals surface area contributed by atoms with E-state index in [-0.39, 0.29) is 26.8 Å². The maximum absolute atomic E-state index is 12.8. The molecule has 0 aliphatic heterocycles. The Kier molecular flexibility index (Phi) is 6.31. The summed E-state index contributed by atoms with van der Waals surface area (Å²) in [6.07, 6.45) is 0. The van der Waals surface area contributed by atoms with Gasteiger partial charge in [0.25, 0.3) is 15.9 Å². The van der Waals surface area contributed by atoms with E-state index in [2.05, 4.69) is 15.0 Å². The van der Waals surface area contributed by atoms with Crippen LogP contribution >= 0.6 is 22.9 Å². The minimum absolute atomic E-state index is 0.0373. The average Bonchev–Trinajstić information content (AvgIpc) is 3.32. The predicted octanol–water partition coefficient (Wildman–Crippen LogP) is 5.62. The summed E-state index contributed by atoms with van der Waals surface area (Å²) in [4.78, 5) is 29.6. The van der Waals surface area contributed by atoms with E-state index in [4.69, 9.17) is 16.0 Å². The van der Waals surface area contributed by atoms with E-state index in [1.54, 1.807) is 35.7 Å². The van der Waals surface area contributed by atoms with Gasteiger partial charge in [-0.15, -0.1) is 11.3 Å². The number of nitrogens with zero attached hydrogens (tertiary/aromatic N) is 1. The van der Waals surface area contributed by atoms with Crippen molar-refractivity contribution in [3.05, 3.63) is 105 Å². The van der Waals surface area contributed by atoms with Crippen molar-refractivity contribution in [1.82, 2.24) is 4.98 Å². The van der Waals surface area contributed by atoms with Crippen LogP contribution in [0, 0.1) is 0 Å². The van der Waals surface area contributed by atoms with Crippen molar-refractivity contribution in [2.75, 3.05) is 10.0 Å². The molecule has 0 atom stereocenters. The average molecular weight is 538 g/mol. The second-order valence-corrected chi connectivity index (χ2v) is 10.6. The molecule has 11 heteroatoms. The number of benzene rings is 3. The quantitative estimate of drug-likeness (QED) is 0.271. The van der Waals surface area contributed by atoms with E-state index in [0.29, 0.717) is 16.3 Å². The molecule has 3 aromatic carbocycles. The number of rotatable bonds is 6. The van der Waals surface area contributed by atoms with E-state index in [1.165, 1.54) is 36.4 Å². The third-order valence-corrected chi connectivity index (χ3v) is 7.55. The monoisotopic (exact) mass is 537 g/mol. The summed E-state index contributed by atoms with van der Waals surface area (Å²) in [5.41, 5.74) is 1.03. The second-order valence-electron chi connectivity index (χ2n) is 7.62. The first-order valence-corrected chi connectivity index (χ1v) is 13.2. The van der Waals surface area contributed by atoms with Crippen molar-refractivity contribution >= 4 is 60.7 Å². The first kappa shape index (κ1) is 23.7. The molecule has 0 bridgehead atoms. The number of para-hydroxylation sites is 1. The lowest BCUT2D eigenvalue weighted by atomic mass is 10.1. The van der Waals surface area contributed by atoms with Gasteiger partial charge >= 0.3 is 5.63 Å². The number of aromatic nitrogens is 1. The van der Waals surface area contributed by atoms with Crippen molar-refractivity contribution in [2.45, 2.75) is 4.90 Å². The fourth-order valence-corrected chi connectivity index (χ4v) is 5.30. The highest BCUT2D eigenvalue weighted by Crippen LogP contribution is 2.26. The van der Waals surface area contributed by atoms with Crippen LogP contribution in [-0.4, -0.2) is 19.3 Å². The Balaban J connectivity index is 1.33. The standard InChI is InChI=1S/C25H16ClN3O5S2/c26-17-8-10-19(11-9-17)36(32,33)29-18-6-3-5-16(12-18)23(30)28-25-27-21(14-35-25)20-13-15-4-1-2-7-22(15)34-24(20)31/h1-14,29H,(H,27,28,30). The molecule has 0 aliphatic rings. The summed E-state index contributed by atoms with van der Waals surface area (Å²) in [6, 6.07) is 20.6. The maximum atomic E-state index is 12.8. The van der Waals surface area contributed by atoms with Crippen molar-refractivity contribution in [3.63, 3.8) is 0 Å². The summed E-state index contributed by atoms with van der Waals surface area (Å²) in [5, 5.41) is 5.77. The normalized spacial score (nSPS) is 11.4. The summed E-state index contributed by atoms with van der Waals surface area (Å²) >= 11 is 6.98. The van der Waals surface area contributed by atoms with Crippen LogP contribution in [0.2, 0.25) is 5.02 Å². The van der Waals surface area contributed by atoms with Crippen molar-refractivity contribution in [1.29, 1.82) is 0 Å². The number of carbonyl (C=O) groups excluding carboxylic acids is 1. The van der Waals surface area contributed by atoms with Crippen molar-refractivity contribution in [3.8, 4) is 11.3 Å².